The highest BCUT2D eigenvalue weighted by atomic mass is 16.5. The maximum atomic E-state index is 12.6. The normalized spacial score (nSPS) is 27.1. The number of carbonyl (C=O) groups is 1. The van der Waals surface area contributed by atoms with E-state index in [1.807, 2.05) is 17.0 Å². The lowest BCUT2D eigenvalue weighted by molar-refractivity contribution is -0.135. The minimum atomic E-state index is -0.000895. The van der Waals surface area contributed by atoms with Crippen molar-refractivity contribution in [2.75, 3.05) is 52.9 Å². The van der Waals surface area contributed by atoms with Crippen molar-refractivity contribution >= 4 is 5.91 Å². The Labute approximate surface area is 156 Å². The van der Waals surface area contributed by atoms with Gasteiger partial charge in [-0.25, -0.2) is 0 Å². The average molecular weight is 358 g/mol. The number of likely N-dealkylation sites (N-methyl/N-ethyl adjacent to an activating group) is 1. The van der Waals surface area contributed by atoms with E-state index in [1.165, 1.54) is 0 Å². The van der Waals surface area contributed by atoms with E-state index in [0.29, 0.717) is 12.5 Å². The van der Waals surface area contributed by atoms with Gasteiger partial charge in [-0.2, -0.15) is 0 Å². The van der Waals surface area contributed by atoms with E-state index in [-0.39, 0.29) is 11.5 Å². The predicted molar refractivity (Wildman–Crippen MR) is 99.9 cm³/mol. The van der Waals surface area contributed by atoms with E-state index >= 15 is 0 Å². The zero-order valence-corrected chi connectivity index (χ0v) is 15.8. The first-order valence-electron chi connectivity index (χ1n) is 9.87. The van der Waals surface area contributed by atoms with Crippen molar-refractivity contribution < 1.29 is 9.53 Å². The number of likely N-dealkylation sites (tertiary alicyclic amines) is 1. The number of piperidine rings is 1. The fourth-order valence-corrected chi connectivity index (χ4v) is 4.54. The van der Waals surface area contributed by atoms with E-state index in [1.54, 1.807) is 12.4 Å². The number of hydrogen-bond donors (Lipinski definition) is 0. The molecule has 1 atom stereocenters. The third kappa shape index (κ3) is 3.92. The molecule has 0 saturated carbocycles. The minimum Gasteiger partial charge on any atom is -0.373 e. The van der Waals surface area contributed by atoms with E-state index in [9.17, 15) is 4.79 Å². The van der Waals surface area contributed by atoms with Crippen molar-refractivity contribution in [1.29, 1.82) is 0 Å². The molecular weight excluding hydrogens is 328 g/mol. The predicted octanol–water partition coefficient (Wildman–Crippen LogP) is 1.02. The van der Waals surface area contributed by atoms with Crippen LogP contribution >= 0.6 is 0 Å². The molecule has 142 valence electrons. The Kier molecular flexibility index (Phi) is 5.25. The van der Waals surface area contributed by atoms with Crippen LogP contribution < -0.4 is 0 Å². The van der Waals surface area contributed by atoms with Gasteiger partial charge in [0.25, 0.3) is 0 Å². The lowest BCUT2D eigenvalue weighted by Crippen LogP contribution is -2.50. The fraction of sp³-hybridized carbons (Fsp3) is 0.700. The van der Waals surface area contributed by atoms with Crippen LogP contribution in [0.25, 0.3) is 0 Å². The first-order valence-corrected chi connectivity index (χ1v) is 9.87. The molecule has 0 aliphatic carbocycles. The molecule has 4 heterocycles. The summed E-state index contributed by atoms with van der Waals surface area (Å²) in [7, 11) is 2.20. The third-order valence-electron chi connectivity index (χ3n) is 6.35. The van der Waals surface area contributed by atoms with Crippen molar-refractivity contribution in [2.45, 2.75) is 37.3 Å². The number of carbonyl (C=O) groups excluding carboxylic acids is 1. The summed E-state index contributed by atoms with van der Waals surface area (Å²) in [5, 5.41) is 0. The summed E-state index contributed by atoms with van der Waals surface area (Å²) in [5.74, 6) is 0.210. The van der Waals surface area contributed by atoms with E-state index in [4.69, 9.17) is 4.74 Å². The van der Waals surface area contributed by atoms with Gasteiger partial charge < -0.3 is 14.5 Å². The van der Waals surface area contributed by atoms with Gasteiger partial charge in [-0.05, 0) is 37.9 Å². The number of ether oxygens (including phenoxy) is 1. The number of rotatable bonds is 3. The van der Waals surface area contributed by atoms with Gasteiger partial charge in [0.1, 0.15) is 0 Å². The molecule has 0 bridgehead atoms. The molecule has 1 aromatic rings. The molecule has 3 aliphatic heterocycles. The first-order chi connectivity index (χ1) is 12.6. The van der Waals surface area contributed by atoms with Gasteiger partial charge in [0, 0.05) is 57.7 Å². The van der Waals surface area contributed by atoms with Crippen LogP contribution in [0.2, 0.25) is 0 Å². The van der Waals surface area contributed by atoms with Gasteiger partial charge in [-0.15, -0.1) is 0 Å². The molecule has 0 aromatic carbocycles. The van der Waals surface area contributed by atoms with Crippen LogP contribution in [0.4, 0.5) is 0 Å². The van der Waals surface area contributed by atoms with Gasteiger partial charge in [0.05, 0.1) is 18.6 Å². The summed E-state index contributed by atoms with van der Waals surface area (Å²) >= 11 is 0. The second-order valence-electron chi connectivity index (χ2n) is 8.11. The van der Waals surface area contributed by atoms with E-state index < -0.39 is 0 Å². The molecule has 0 unspecified atom stereocenters. The maximum absolute atomic E-state index is 12.6. The van der Waals surface area contributed by atoms with Gasteiger partial charge in [0.2, 0.25) is 5.91 Å². The van der Waals surface area contributed by atoms with Crippen LogP contribution in [0.1, 0.15) is 24.8 Å². The molecule has 3 saturated heterocycles. The molecule has 26 heavy (non-hydrogen) atoms. The number of amides is 1. The Morgan fingerprint density at radius 2 is 2.00 bits per heavy atom. The number of hydrogen-bond acceptors (Lipinski definition) is 5. The summed E-state index contributed by atoms with van der Waals surface area (Å²) in [4.78, 5) is 23.7. The van der Waals surface area contributed by atoms with E-state index in [2.05, 4.69) is 21.8 Å². The lowest BCUT2D eigenvalue weighted by Gasteiger charge is -2.40. The van der Waals surface area contributed by atoms with Gasteiger partial charge in [-0.1, -0.05) is 6.07 Å². The van der Waals surface area contributed by atoms with Crippen LogP contribution in [0.5, 0.6) is 0 Å². The molecule has 6 nitrogen and oxygen atoms in total. The second kappa shape index (κ2) is 7.62. The molecule has 1 aromatic heterocycles. The van der Waals surface area contributed by atoms with Gasteiger partial charge >= 0.3 is 0 Å². The Hall–Kier alpha value is -1.50. The lowest BCUT2D eigenvalue weighted by atomic mass is 9.86. The average Bonchev–Trinajstić information content (AvgIpc) is 3.07. The Bertz CT molecular complexity index is 607. The first kappa shape index (κ1) is 17.9. The van der Waals surface area contributed by atoms with Crippen molar-refractivity contribution in [2.24, 2.45) is 0 Å². The highest BCUT2D eigenvalue weighted by Gasteiger charge is 2.45. The zero-order valence-electron chi connectivity index (χ0n) is 15.8. The van der Waals surface area contributed by atoms with Crippen molar-refractivity contribution in [3.05, 3.63) is 30.1 Å². The summed E-state index contributed by atoms with van der Waals surface area (Å²) in [6.07, 6.45) is 7.04. The molecule has 4 rings (SSSR count). The fourth-order valence-electron chi connectivity index (χ4n) is 4.54. The smallest absolute Gasteiger partial charge is 0.227 e. The highest BCUT2D eigenvalue weighted by molar-refractivity contribution is 5.78. The number of nitrogens with zero attached hydrogens (tertiary/aromatic N) is 4. The van der Waals surface area contributed by atoms with Crippen LogP contribution in [0.15, 0.2) is 24.5 Å². The molecule has 1 amide bonds. The molecular formula is C20H30N4O2. The second-order valence-corrected chi connectivity index (χ2v) is 8.11. The van der Waals surface area contributed by atoms with Crippen LogP contribution in [-0.4, -0.2) is 90.2 Å². The molecule has 6 heteroatoms. The van der Waals surface area contributed by atoms with Crippen molar-refractivity contribution in [3.8, 4) is 0 Å². The van der Waals surface area contributed by atoms with Crippen molar-refractivity contribution in [1.82, 2.24) is 19.7 Å². The van der Waals surface area contributed by atoms with E-state index in [0.717, 1.165) is 70.7 Å². The topological polar surface area (TPSA) is 48.9 Å². The summed E-state index contributed by atoms with van der Waals surface area (Å²) in [6.45, 7) is 7.09. The molecule has 1 spiro atoms. The minimum absolute atomic E-state index is 0.000895. The quantitative estimate of drug-likeness (QED) is 0.808. The SMILES string of the molecule is CN1CCN([C@@H]2COC3(CCN(C(=O)Cc4cccnc4)CC3)C2)CC1. The Balaban J connectivity index is 1.27. The Morgan fingerprint density at radius 3 is 2.69 bits per heavy atom. The number of piperazine rings is 1. The van der Waals surface area contributed by atoms with Gasteiger partial charge in [0.15, 0.2) is 0 Å². The molecule has 0 radical (unpaired) electrons. The van der Waals surface area contributed by atoms with Crippen LogP contribution in [0, 0.1) is 0 Å². The molecule has 3 fully saturated rings. The van der Waals surface area contributed by atoms with Gasteiger partial charge in [-0.3, -0.25) is 14.7 Å². The number of aromatic nitrogens is 1. The standard InChI is InChI=1S/C20H30N4O2/c1-22-9-11-23(12-10-22)18-14-20(26-16-18)4-7-24(8-5-20)19(25)13-17-3-2-6-21-15-17/h2-3,6,15,18H,4-5,7-14,16H2,1H3/t18-/m0/s1. The Morgan fingerprint density at radius 1 is 1.23 bits per heavy atom. The highest BCUT2D eigenvalue weighted by Crippen LogP contribution is 2.38. The zero-order chi connectivity index (χ0) is 18.0. The third-order valence-corrected chi connectivity index (χ3v) is 6.35. The van der Waals surface area contributed by atoms with Crippen LogP contribution in [-0.2, 0) is 16.0 Å². The maximum Gasteiger partial charge on any atom is 0.227 e. The number of pyridine rings is 1. The van der Waals surface area contributed by atoms with Crippen molar-refractivity contribution in [3.63, 3.8) is 0 Å². The molecule has 3 aliphatic rings. The summed E-state index contributed by atoms with van der Waals surface area (Å²) in [6, 6.07) is 4.41. The molecule has 0 N–H and O–H groups in total. The summed E-state index contributed by atoms with van der Waals surface area (Å²) < 4.78 is 6.32. The van der Waals surface area contributed by atoms with Crippen LogP contribution in [0.3, 0.4) is 0 Å². The summed E-state index contributed by atoms with van der Waals surface area (Å²) in [5.41, 5.74) is 0.990. The monoisotopic (exact) mass is 358 g/mol. The largest absolute Gasteiger partial charge is 0.373 e.